The van der Waals surface area contributed by atoms with Crippen molar-refractivity contribution in [1.82, 2.24) is 0 Å². The number of ketones is 1. The first kappa shape index (κ1) is 9.07. The Morgan fingerprint density at radius 3 is 2.71 bits per heavy atom. The lowest BCUT2D eigenvalue weighted by atomic mass is 10.1. The van der Waals surface area contributed by atoms with Gasteiger partial charge in [0.1, 0.15) is 12.4 Å². The number of hydrogen-bond acceptors (Lipinski definition) is 4. The average molecular weight is 194 g/mol. The molecule has 4 nitrogen and oxygen atoms in total. The molecule has 2 fully saturated rings. The second kappa shape index (κ2) is 3.70. The van der Waals surface area contributed by atoms with Crippen LogP contribution in [-0.4, -0.2) is 24.6 Å². The van der Waals surface area contributed by atoms with Gasteiger partial charge < -0.3 is 9.47 Å². The highest BCUT2D eigenvalue weighted by atomic mass is 16.8. The fraction of sp³-hybridized carbons (Fsp3) is 0.600. The van der Waals surface area contributed by atoms with E-state index in [-0.39, 0.29) is 18.3 Å². The third-order valence-corrected chi connectivity index (χ3v) is 2.29. The lowest BCUT2D eigenvalue weighted by molar-refractivity contribution is -0.117. The van der Waals surface area contributed by atoms with Crippen LogP contribution in [0.1, 0.15) is 19.3 Å². The number of carbonyl (C=O) groups is 2. The van der Waals surface area contributed by atoms with Crippen molar-refractivity contribution in [1.29, 1.82) is 0 Å². The molecule has 0 bridgehead atoms. The Balaban J connectivity index is 1.87. The van der Waals surface area contributed by atoms with E-state index in [1.54, 1.807) is 0 Å². The maximum atomic E-state index is 10.9. The zero-order valence-electron chi connectivity index (χ0n) is 7.62. The van der Waals surface area contributed by atoms with Gasteiger partial charge in [0.25, 0.3) is 0 Å². The molecular formula is C10H10O4. The minimum absolute atomic E-state index is 0.141. The first-order chi connectivity index (χ1) is 6.74. The number of hydrogen-bond donors (Lipinski definition) is 0. The Labute approximate surface area is 81.6 Å². The van der Waals surface area contributed by atoms with Crippen molar-refractivity contribution in [3.05, 3.63) is 0 Å². The number of rotatable bonds is 0. The van der Waals surface area contributed by atoms with Gasteiger partial charge in [0.15, 0.2) is 6.10 Å². The molecule has 0 amide bonds. The molecule has 0 N–H and O–H groups in total. The maximum Gasteiger partial charge on any atom is 0.509 e. The van der Waals surface area contributed by atoms with Crippen LogP contribution in [0, 0.1) is 17.8 Å². The van der Waals surface area contributed by atoms with Gasteiger partial charge in [-0.15, -0.1) is 0 Å². The topological polar surface area (TPSA) is 52.6 Å². The van der Waals surface area contributed by atoms with E-state index in [4.69, 9.17) is 4.74 Å². The molecule has 74 valence electrons. The Morgan fingerprint density at radius 1 is 1.29 bits per heavy atom. The third kappa shape index (κ3) is 2.05. The first-order valence-electron chi connectivity index (χ1n) is 4.60. The van der Waals surface area contributed by atoms with Crippen molar-refractivity contribution in [2.24, 2.45) is 5.92 Å². The van der Waals surface area contributed by atoms with Crippen LogP contribution in [0.25, 0.3) is 0 Å². The summed E-state index contributed by atoms with van der Waals surface area (Å²) >= 11 is 0. The van der Waals surface area contributed by atoms with E-state index in [0.29, 0.717) is 12.8 Å². The van der Waals surface area contributed by atoms with Gasteiger partial charge in [-0.3, -0.25) is 4.79 Å². The van der Waals surface area contributed by atoms with Gasteiger partial charge in [0, 0.05) is 18.8 Å². The van der Waals surface area contributed by atoms with E-state index in [1.165, 1.54) is 0 Å². The van der Waals surface area contributed by atoms with Crippen LogP contribution < -0.4 is 0 Å². The van der Waals surface area contributed by atoms with Gasteiger partial charge in [0.2, 0.25) is 0 Å². The van der Waals surface area contributed by atoms with Crippen molar-refractivity contribution in [2.45, 2.75) is 25.4 Å². The van der Waals surface area contributed by atoms with Gasteiger partial charge in [0.05, 0.1) is 0 Å². The minimum atomic E-state index is -0.660. The lowest BCUT2D eigenvalue weighted by Gasteiger charge is -1.96. The van der Waals surface area contributed by atoms with Crippen LogP contribution >= 0.6 is 0 Å². The van der Waals surface area contributed by atoms with Crippen molar-refractivity contribution in [3.8, 4) is 11.8 Å². The zero-order chi connectivity index (χ0) is 9.97. The van der Waals surface area contributed by atoms with E-state index in [2.05, 4.69) is 16.6 Å². The largest absolute Gasteiger partial charge is 0.509 e. The summed E-state index contributed by atoms with van der Waals surface area (Å²) in [5.41, 5.74) is 0. The predicted molar refractivity (Wildman–Crippen MR) is 46.3 cm³/mol. The highest BCUT2D eigenvalue weighted by molar-refractivity contribution is 5.81. The number of carbonyl (C=O) groups excluding carboxylic acids is 2. The smallest absolute Gasteiger partial charge is 0.429 e. The Hall–Kier alpha value is -1.50. The lowest BCUT2D eigenvalue weighted by Crippen LogP contribution is -2.06. The SMILES string of the molecule is O=C1CC[C@@H](C#CC2COC(=O)O2)C1. The average Bonchev–Trinajstić information content (AvgIpc) is 2.72. The highest BCUT2D eigenvalue weighted by Gasteiger charge is 2.24. The zero-order valence-corrected chi connectivity index (χ0v) is 7.62. The summed E-state index contributed by atoms with van der Waals surface area (Å²) in [6.07, 6.45) is 0.882. The standard InChI is InChI=1S/C10H10O4/c11-8-3-1-7(5-8)2-4-9-6-13-10(12)14-9/h7,9H,1,3,5-6H2/t7-,9?/m0/s1. The summed E-state index contributed by atoms with van der Waals surface area (Å²) in [5.74, 6) is 6.16. The Bertz CT molecular complexity index is 293. The van der Waals surface area contributed by atoms with Gasteiger partial charge in [-0.1, -0.05) is 11.8 Å². The molecule has 1 saturated carbocycles. The van der Waals surface area contributed by atoms with Crippen LogP contribution in [0.3, 0.4) is 0 Å². The molecule has 1 aliphatic carbocycles. The second-order valence-electron chi connectivity index (χ2n) is 3.43. The van der Waals surface area contributed by atoms with Gasteiger partial charge in [-0.25, -0.2) is 4.79 Å². The van der Waals surface area contributed by atoms with Gasteiger partial charge in [-0.05, 0) is 6.42 Å². The van der Waals surface area contributed by atoms with Crippen molar-refractivity contribution in [3.63, 3.8) is 0 Å². The Kier molecular flexibility index (Phi) is 2.40. The first-order valence-corrected chi connectivity index (χ1v) is 4.60. The van der Waals surface area contributed by atoms with Crippen molar-refractivity contribution < 1.29 is 19.1 Å². The minimum Gasteiger partial charge on any atom is -0.429 e. The third-order valence-electron chi connectivity index (χ3n) is 2.29. The molecule has 0 aromatic heterocycles. The molecule has 1 unspecified atom stereocenters. The molecule has 0 radical (unpaired) electrons. The van der Waals surface area contributed by atoms with Gasteiger partial charge >= 0.3 is 6.16 Å². The van der Waals surface area contributed by atoms with E-state index in [0.717, 1.165) is 6.42 Å². The summed E-state index contributed by atoms with van der Waals surface area (Å²) in [4.78, 5) is 21.5. The molecule has 4 heteroatoms. The number of cyclic esters (lactones) is 2. The van der Waals surface area contributed by atoms with E-state index < -0.39 is 12.3 Å². The van der Waals surface area contributed by atoms with Crippen LogP contribution in [0.2, 0.25) is 0 Å². The predicted octanol–water partition coefficient (Wildman–Crippen LogP) is 0.894. The fourth-order valence-electron chi connectivity index (χ4n) is 1.55. The fourth-order valence-corrected chi connectivity index (χ4v) is 1.55. The van der Waals surface area contributed by atoms with Gasteiger partial charge in [-0.2, -0.15) is 0 Å². The molecular weight excluding hydrogens is 184 g/mol. The summed E-state index contributed by atoms with van der Waals surface area (Å²) in [7, 11) is 0. The van der Waals surface area contributed by atoms with E-state index in [9.17, 15) is 9.59 Å². The normalized spacial score (nSPS) is 30.6. The van der Waals surface area contributed by atoms with Crippen molar-refractivity contribution in [2.75, 3.05) is 6.61 Å². The number of Topliss-reactive ketones (excluding diaryl/α,β-unsaturated/α-hetero) is 1. The molecule has 2 aliphatic rings. The molecule has 2 rings (SSSR count). The summed E-state index contributed by atoms with van der Waals surface area (Å²) in [5, 5.41) is 0. The Morgan fingerprint density at radius 2 is 2.14 bits per heavy atom. The molecule has 0 spiro atoms. The van der Waals surface area contributed by atoms with E-state index >= 15 is 0 Å². The molecule has 0 aromatic carbocycles. The summed E-state index contributed by atoms with van der Waals surface area (Å²) < 4.78 is 9.30. The molecule has 1 aliphatic heterocycles. The van der Waals surface area contributed by atoms with Crippen LogP contribution in [-0.2, 0) is 14.3 Å². The summed E-state index contributed by atoms with van der Waals surface area (Å²) in [6, 6.07) is 0. The second-order valence-corrected chi connectivity index (χ2v) is 3.43. The highest BCUT2D eigenvalue weighted by Crippen LogP contribution is 2.20. The summed E-state index contributed by atoms with van der Waals surface area (Å²) in [6.45, 7) is 0.201. The molecule has 0 aromatic rings. The molecule has 2 atom stereocenters. The van der Waals surface area contributed by atoms with Crippen LogP contribution in [0.15, 0.2) is 0 Å². The monoisotopic (exact) mass is 194 g/mol. The molecule has 1 saturated heterocycles. The van der Waals surface area contributed by atoms with Crippen LogP contribution in [0.5, 0.6) is 0 Å². The van der Waals surface area contributed by atoms with Crippen molar-refractivity contribution >= 4 is 11.9 Å². The molecule has 1 heterocycles. The number of ether oxygens (including phenoxy) is 2. The quantitative estimate of drug-likeness (QED) is 0.424. The molecule has 14 heavy (non-hydrogen) atoms. The van der Waals surface area contributed by atoms with E-state index in [1.807, 2.05) is 0 Å². The maximum absolute atomic E-state index is 10.9. The van der Waals surface area contributed by atoms with Crippen LogP contribution in [0.4, 0.5) is 4.79 Å².